The molecule has 2 N–H and O–H groups in total. The van der Waals surface area contributed by atoms with Crippen molar-refractivity contribution in [3.8, 4) is 0 Å². The van der Waals surface area contributed by atoms with Crippen molar-refractivity contribution in [1.29, 1.82) is 0 Å². The second-order valence-corrected chi connectivity index (χ2v) is 7.78. The molecule has 0 radical (unpaired) electrons. The first-order chi connectivity index (χ1) is 15.4. The minimum absolute atomic E-state index is 0.0201. The van der Waals surface area contributed by atoms with Crippen LogP contribution in [0.2, 0.25) is 5.02 Å². The van der Waals surface area contributed by atoms with Crippen LogP contribution in [-0.2, 0) is 16.1 Å². The van der Waals surface area contributed by atoms with Crippen molar-refractivity contribution in [3.63, 3.8) is 0 Å². The third kappa shape index (κ3) is 4.06. The molecule has 0 aliphatic carbocycles. The second kappa shape index (κ2) is 8.80. The quantitative estimate of drug-likeness (QED) is 0.585. The van der Waals surface area contributed by atoms with E-state index in [2.05, 4.69) is 16.0 Å². The Morgan fingerprint density at radius 3 is 2.44 bits per heavy atom. The van der Waals surface area contributed by atoms with Crippen LogP contribution in [0.3, 0.4) is 0 Å². The minimum atomic E-state index is -0.657. The average molecular weight is 454 g/mol. The summed E-state index contributed by atoms with van der Waals surface area (Å²) in [5.74, 6) is -1.97. The van der Waals surface area contributed by atoms with Gasteiger partial charge in [-0.05, 0) is 37.3 Å². The molecule has 9 nitrogen and oxygen atoms in total. The lowest BCUT2D eigenvalue weighted by Crippen LogP contribution is -2.45. The third-order valence-electron chi connectivity index (χ3n) is 5.32. The molecule has 3 aromatic rings. The van der Waals surface area contributed by atoms with Crippen LogP contribution in [0, 0.1) is 5.92 Å². The average Bonchev–Trinajstić information content (AvgIpc) is 3.20. The van der Waals surface area contributed by atoms with Crippen molar-refractivity contribution in [1.82, 2.24) is 20.6 Å². The van der Waals surface area contributed by atoms with Gasteiger partial charge in [-0.15, -0.1) is 0 Å². The van der Waals surface area contributed by atoms with E-state index in [1.54, 1.807) is 55.5 Å². The molecule has 2 aromatic carbocycles. The van der Waals surface area contributed by atoms with Gasteiger partial charge in [0.2, 0.25) is 11.8 Å². The zero-order valence-electron chi connectivity index (χ0n) is 17.2. The summed E-state index contributed by atoms with van der Waals surface area (Å²) in [6, 6.07) is 13.4. The van der Waals surface area contributed by atoms with Gasteiger partial charge in [0.15, 0.2) is 5.69 Å². The summed E-state index contributed by atoms with van der Waals surface area (Å²) >= 11 is 5.89. The monoisotopic (exact) mass is 453 g/mol. The molecule has 0 bridgehead atoms. The molecule has 4 rings (SSSR count). The Hall–Kier alpha value is -3.72. The molecular weight excluding hydrogens is 434 g/mol. The fraction of sp³-hybridized carbons (Fsp3) is 0.227. The zero-order valence-corrected chi connectivity index (χ0v) is 17.9. The molecule has 2 heterocycles. The smallest absolute Gasteiger partial charge is 0.290 e. The van der Waals surface area contributed by atoms with Crippen LogP contribution in [0.25, 0.3) is 10.8 Å². The van der Waals surface area contributed by atoms with Crippen molar-refractivity contribution in [2.24, 2.45) is 5.92 Å². The van der Waals surface area contributed by atoms with Crippen LogP contribution in [0.5, 0.6) is 0 Å². The summed E-state index contributed by atoms with van der Waals surface area (Å²) in [6.45, 7) is 2.22. The van der Waals surface area contributed by atoms with Crippen molar-refractivity contribution in [2.45, 2.75) is 19.9 Å². The summed E-state index contributed by atoms with van der Waals surface area (Å²) in [7, 11) is 0. The Bertz CT molecular complexity index is 1270. The van der Waals surface area contributed by atoms with Crippen molar-refractivity contribution in [3.05, 3.63) is 69.6 Å². The van der Waals surface area contributed by atoms with E-state index < -0.39 is 17.7 Å². The summed E-state index contributed by atoms with van der Waals surface area (Å²) in [4.78, 5) is 51.6. The molecule has 1 fully saturated rings. The number of halogens is 1. The number of amides is 3. The highest BCUT2D eigenvalue weighted by Gasteiger charge is 2.35. The van der Waals surface area contributed by atoms with Crippen LogP contribution >= 0.6 is 11.6 Å². The zero-order chi connectivity index (χ0) is 22.8. The van der Waals surface area contributed by atoms with Crippen LogP contribution in [-0.4, -0.2) is 34.0 Å². The lowest BCUT2D eigenvalue weighted by Gasteiger charge is -2.17. The van der Waals surface area contributed by atoms with E-state index in [4.69, 9.17) is 11.6 Å². The molecule has 1 saturated heterocycles. The Morgan fingerprint density at radius 2 is 1.75 bits per heavy atom. The maximum Gasteiger partial charge on any atom is 0.290 e. The Balaban J connectivity index is 1.46. The van der Waals surface area contributed by atoms with Crippen LogP contribution in [0.4, 0.5) is 5.69 Å². The number of carbonyl (C=O) groups is 3. The van der Waals surface area contributed by atoms with Crippen LogP contribution in [0.15, 0.2) is 53.3 Å². The lowest BCUT2D eigenvalue weighted by molar-refractivity contribution is -0.126. The van der Waals surface area contributed by atoms with Gasteiger partial charge in [0.1, 0.15) is 0 Å². The van der Waals surface area contributed by atoms with E-state index in [0.29, 0.717) is 28.0 Å². The SMILES string of the molecule is CCn1nc(C(=O)NNC(=O)C2CC(=O)N(c3ccc(Cl)cc3)C2)c2ccccc2c1=O. The highest BCUT2D eigenvalue weighted by molar-refractivity contribution is 6.30. The van der Waals surface area contributed by atoms with E-state index in [0.717, 1.165) is 0 Å². The molecule has 32 heavy (non-hydrogen) atoms. The number of anilines is 1. The molecule has 10 heteroatoms. The van der Waals surface area contributed by atoms with Crippen LogP contribution in [0.1, 0.15) is 23.8 Å². The van der Waals surface area contributed by atoms with E-state index in [-0.39, 0.29) is 30.1 Å². The fourth-order valence-electron chi connectivity index (χ4n) is 3.65. The van der Waals surface area contributed by atoms with Crippen LogP contribution < -0.4 is 21.3 Å². The summed E-state index contributed by atoms with van der Waals surface area (Å²) in [6.07, 6.45) is 0.0201. The number of hydrazine groups is 1. The van der Waals surface area contributed by atoms with Gasteiger partial charge < -0.3 is 4.90 Å². The number of hydrogen-bond acceptors (Lipinski definition) is 5. The maximum atomic E-state index is 12.7. The predicted molar refractivity (Wildman–Crippen MR) is 119 cm³/mol. The largest absolute Gasteiger partial charge is 0.312 e. The van der Waals surface area contributed by atoms with Gasteiger partial charge in [-0.3, -0.25) is 30.0 Å². The number of nitrogens with zero attached hydrogens (tertiary/aromatic N) is 3. The highest BCUT2D eigenvalue weighted by atomic mass is 35.5. The second-order valence-electron chi connectivity index (χ2n) is 7.34. The van der Waals surface area contributed by atoms with Crippen molar-refractivity contribution in [2.75, 3.05) is 11.4 Å². The summed E-state index contributed by atoms with van der Waals surface area (Å²) < 4.78 is 1.19. The normalized spacial score (nSPS) is 15.8. The fourth-order valence-corrected chi connectivity index (χ4v) is 3.78. The van der Waals surface area contributed by atoms with Crippen molar-refractivity contribution < 1.29 is 14.4 Å². The molecule has 1 aliphatic heterocycles. The number of aromatic nitrogens is 2. The van der Waals surface area contributed by atoms with Crippen molar-refractivity contribution >= 4 is 45.8 Å². The van der Waals surface area contributed by atoms with E-state index in [1.807, 2.05) is 0 Å². The molecule has 1 aromatic heterocycles. The number of rotatable bonds is 4. The molecule has 0 saturated carbocycles. The highest BCUT2D eigenvalue weighted by Crippen LogP contribution is 2.26. The number of fused-ring (bicyclic) bond motifs is 1. The summed E-state index contributed by atoms with van der Waals surface area (Å²) in [5.41, 5.74) is 5.10. The molecule has 1 aliphatic rings. The molecular formula is C22H20ClN5O4. The third-order valence-corrected chi connectivity index (χ3v) is 5.57. The van der Waals surface area contributed by atoms with Gasteiger partial charge in [0, 0.05) is 35.6 Å². The lowest BCUT2D eigenvalue weighted by atomic mass is 10.1. The molecule has 3 amide bonds. The topological polar surface area (TPSA) is 113 Å². The summed E-state index contributed by atoms with van der Waals surface area (Å²) in [5, 5.41) is 5.43. The molecule has 0 spiro atoms. The number of benzene rings is 2. The van der Waals surface area contributed by atoms with E-state index in [1.165, 1.54) is 9.58 Å². The first kappa shape index (κ1) is 21.5. The molecule has 1 unspecified atom stereocenters. The number of hydrogen-bond donors (Lipinski definition) is 2. The Morgan fingerprint density at radius 1 is 1.06 bits per heavy atom. The first-order valence-corrected chi connectivity index (χ1v) is 10.4. The minimum Gasteiger partial charge on any atom is -0.312 e. The predicted octanol–water partition coefficient (Wildman–Crippen LogP) is 1.88. The number of carbonyl (C=O) groups excluding carboxylic acids is 3. The van der Waals surface area contributed by atoms with Gasteiger partial charge in [-0.25, -0.2) is 4.68 Å². The van der Waals surface area contributed by atoms with E-state index in [9.17, 15) is 19.2 Å². The van der Waals surface area contributed by atoms with Gasteiger partial charge in [0.25, 0.3) is 11.5 Å². The van der Waals surface area contributed by atoms with Gasteiger partial charge in [-0.1, -0.05) is 29.8 Å². The molecule has 164 valence electrons. The Kier molecular flexibility index (Phi) is 5.91. The first-order valence-electron chi connectivity index (χ1n) is 10.0. The van der Waals surface area contributed by atoms with Gasteiger partial charge >= 0.3 is 0 Å². The van der Waals surface area contributed by atoms with E-state index >= 15 is 0 Å². The Labute approximate surface area is 187 Å². The van der Waals surface area contributed by atoms with Gasteiger partial charge in [0.05, 0.1) is 11.3 Å². The molecule has 1 atom stereocenters. The maximum absolute atomic E-state index is 12.7. The number of nitrogens with one attached hydrogen (secondary N) is 2. The number of aryl methyl sites for hydroxylation is 1. The standard InChI is InChI=1S/C22H20ClN5O4/c1-2-28-22(32)17-6-4-3-5-16(17)19(26-28)21(31)25-24-20(30)13-11-18(29)27(12-13)15-9-7-14(23)8-10-15/h3-10,13H,2,11-12H2,1H3,(H,24,30)(H,25,31). The van der Waals surface area contributed by atoms with Gasteiger partial charge in [-0.2, -0.15) is 5.10 Å².